The van der Waals surface area contributed by atoms with Gasteiger partial charge in [0.2, 0.25) is 0 Å². The van der Waals surface area contributed by atoms with Gasteiger partial charge < -0.3 is 4.74 Å². The van der Waals surface area contributed by atoms with Crippen molar-refractivity contribution >= 4 is 21.6 Å². The van der Waals surface area contributed by atoms with Crippen molar-refractivity contribution in [1.29, 1.82) is 0 Å². The van der Waals surface area contributed by atoms with E-state index in [0.717, 1.165) is 35.4 Å². The molecule has 0 N–H and O–H groups in total. The molecule has 1 spiro atoms. The second-order valence-corrected chi connectivity index (χ2v) is 8.97. The summed E-state index contributed by atoms with van der Waals surface area (Å²) in [6, 6.07) is 17.3. The molecule has 0 saturated heterocycles. The lowest BCUT2D eigenvalue weighted by molar-refractivity contribution is -0.146. The maximum Gasteiger partial charge on any atom is 0.198 e. The van der Waals surface area contributed by atoms with Crippen LogP contribution < -0.4 is 4.74 Å². The lowest BCUT2D eigenvalue weighted by Gasteiger charge is -2.50. The molecule has 0 bridgehead atoms. The average Bonchev–Trinajstić information content (AvgIpc) is 3.17. The average molecular weight is 425 g/mol. The van der Waals surface area contributed by atoms with Crippen LogP contribution in [0.1, 0.15) is 62.6 Å². The van der Waals surface area contributed by atoms with Crippen LogP contribution in [0.2, 0.25) is 0 Å². The Hall–Kier alpha value is -1.81. The van der Waals surface area contributed by atoms with Gasteiger partial charge in [-0.1, -0.05) is 59.6 Å². The zero-order chi connectivity index (χ0) is 18.4. The summed E-state index contributed by atoms with van der Waals surface area (Å²) < 4.78 is 7.80. The lowest BCUT2D eigenvalue weighted by Crippen LogP contribution is -2.55. The topological polar surface area (TPSA) is 24.8 Å². The number of nitrogens with zero attached hydrogens (tertiary/aromatic N) is 2. The maximum absolute atomic E-state index is 6.70. The van der Waals surface area contributed by atoms with Crippen LogP contribution in [0.3, 0.4) is 0 Å². The summed E-state index contributed by atoms with van der Waals surface area (Å²) in [5.41, 5.74) is 3.37. The molecule has 2 aromatic rings. The highest BCUT2D eigenvalue weighted by molar-refractivity contribution is 9.10. The predicted molar refractivity (Wildman–Crippen MR) is 112 cm³/mol. The van der Waals surface area contributed by atoms with Crippen LogP contribution in [0.25, 0.3) is 0 Å². The van der Waals surface area contributed by atoms with Gasteiger partial charge in [-0.15, -0.1) is 0 Å². The van der Waals surface area contributed by atoms with Crippen LogP contribution in [0.5, 0.6) is 5.75 Å². The fraction of sp³-hybridized carbons (Fsp3) is 0.435. The summed E-state index contributed by atoms with van der Waals surface area (Å²) >= 11 is 3.64. The molecule has 2 heterocycles. The van der Waals surface area contributed by atoms with Crippen molar-refractivity contribution in [1.82, 2.24) is 5.01 Å². The van der Waals surface area contributed by atoms with E-state index < -0.39 is 0 Å². The number of ether oxygens (including phenoxy) is 1. The molecule has 2 aromatic carbocycles. The van der Waals surface area contributed by atoms with Crippen molar-refractivity contribution in [3.8, 4) is 5.75 Å². The summed E-state index contributed by atoms with van der Waals surface area (Å²) in [4.78, 5) is 0. The van der Waals surface area contributed by atoms with E-state index in [2.05, 4.69) is 76.4 Å². The third kappa shape index (κ3) is 2.89. The Morgan fingerprint density at radius 2 is 1.93 bits per heavy atom. The standard InChI is InChI=1S/C23H25BrN2O/c1-2-16-10-12-23(13-11-16)26-21(19-14-18(24)8-9-22(19)27-23)15-20(25-26)17-6-4-3-5-7-17/h3-9,14,16,21H,2,10-13,15H2,1H3/t16?,21-,23?/m0/s1. The number of hydrogen-bond donors (Lipinski definition) is 0. The van der Waals surface area contributed by atoms with Gasteiger partial charge in [-0.05, 0) is 42.5 Å². The van der Waals surface area contributed by atoms with Gasteiger partial charge in [0.25, 0.3) is 0 Å². The van der Waals surface area contributed by atoms with Crippen LogP contribution in [0, 0.1) is 5.92 Å². The summed E-state index contributed by atoms with van der Waals surface area (Å²) in [7, 11) is 0. The minimum Gasteiger partial charge on any atom is -0.466 e. The molecule has 1 saturated carbocycles. The van der Waals surface area contributed by atoms with Crippen molar-refractivity contribution in [2.45, 2.75) is 57.2 Å². The van der Waals surface area contributed by atoms with Gasteiger partial charge in [0.05, 0.1) is 11.8 Å². The zero-order valence-electron chi connectivity index (χ0n) is 15.7. The van der Waals surface area contributed by atoms with E-state index in [-0.39, 0.29) is 11.8 Å². The third-order valence-electron chi connectivity index (χ3n) is 6.53. The van der Waals surface area contributed by atoms with Gasteiger partial charge in [-0.3, -0.25) is 0 Å². The number of rotatable bonds is 2. The first-order valence-corrected chi connectivity index (χ1v) is 10.9. The minimum atomic E-state index is -0.284. The molecule has 0 amide bonds. The van der Waals surface area contributed by atoms with E-state index in [1.165, 1.54) is 36.1 Å². The van der Waals surface area contributed by atoms with Gasteiger partial charge in [0, 0.05) is 29.3 Å². The smallest absolute Gasteiger partial charge is 0.198 e. The molecular formula is C23H25BrN2O. The monoisotopic (exact) mass is 424 g/mol. The predicted octanol–water partition coefficient (Wildman–Crippen LogP) is 6.29. The molecule has 1 aliphatic carbocycles. The number of benzene rings is 2. The number of hydrazone groups is 1. The summed E-state index contributed by atoms with van der Waals surface area (Å²) in [6.07, 6.45) is 6.77. The van der Waals surface area contributed by atoms with E-state index in [1.54, 1.807) is 0 Å². The molecule has 3 aliphatic rings. The minimum absolute atomic E-state index is 0.264. The molecule has 1 fully saturated rings. The molecule has 1 atom stereocenters. The SMILES string of the molecule is CCC1CCC2(CC1)Oc1ccc(Br)cc1[C@@H]1CC(c3ccccc3)=NN12. The first kappa shape index (κ1) is 17.3. The molecule has 3 nitrogen and oxygen atoms in total. The molecular weight excluding hydrogens is 400 g/mol. The Morgan fingerprint density at radius 1 is 1.15 bits per heavy atom. The van der Waals surface area contributed by atoms with E-state index >= 15 is 0 Å². The quantitative estimate of drug-likeness (QED) is 0.565. The maximum atomic E-state index is 6.70. The molecule has 4 heteroatoms. The van der Waals surface area contributed by atoms with E-state index in [1.807, 2.05) is 0 Å². The number of halogens is 1. The van der Waals surface area contributed by atoms with Gasteiger partial charge in [-0.2, -0.15) is 5.10 Å². The zero-order valence-corrected chi connectivity index (χ0v) is 17.3. The number of fused-ring (bicyclic) bond motifs is 4. The molecule has 0 radical (unpaired) electrons. The Bertz CT molecular complexity index is 871. The molecule has 5 rings (SSSR count). The van der Waals surface area contributed by atoms with Crippen LogP contribution in [0.15, 0.2) is 58.1 Å². The molecule has 0 aromatic heterocycles. The number of hydrogen-bond acceptors (Lipinski definition) is 3. The van der Waals surface area contributed by atoms with Crippen molar-refractivity contribution < 1.29 is 4.74 Å². The highest BCUT2D eigenvalue weighted by Crippen LogP contribution is 2.52. The highest BCUT2D eigenvalue weighted by atomic mass is 79.9. The first-order chi connectivity index (χ1) is 13.2. The molecule has 140 valence electrons. The van der Waals surface area contributed by atoms with Crippen LogP contribution in [0.4, 0.5) is 0 Å². The highest BCUT2D eigenvalue weighted by Gasteiger charge is 2.51. The largest absolute Gasteiger partial charge is 0.466 e. The van der Waals surface area contributed by atoms with E-state index in [4.69, 9.17) is 9.84 Å². The second-order valence-electron chi connectivity index (χ2n) is 8.06. The van der Waals surface area contributed by atoms with Crippen molar-refractivity contribution in [3.05, 3.63) is 64.1 Å². The van der Waals surface area contributed by atoms with E-state index in [9.17, 15) is 0 Å². The fourth-order valence-electron chi connectivity index (χ4n) is 4.93. The van der Waals surface area contributed by atoms with Gasteiger partial charge in [0.1, 0.15) is 5.75 Å². The van der Waals surface area contributed by atoms with Crippen LogP contribution in [-0.2, 0) is 0 Å². The van der Waals surface area contributed by atoms with Crippen molar-refractivity contribution in [2.24, 2.45) is 11.0 Å². The van der Waals surface area contributed by atoms with Gasteiger partial charge in [0.15, 0.2) is 5.72 Å². The van der Waals surface area contributed by atoms with Gasteiger partial charge in [-0.25, -0.2) is 5.01 Å². The normalized spacial score (nSPS) is 29.1. The Labute approximate surface area is 169 Å². The van der Waals surface area contributed by atoms with E-state index in [0.29, 0.717) is 0 Å². The van der Waals surface area contributed by atoms with Crippen LogP contribution >= 0.6 is 15.9 Å². The third-order valence-corrected chi connectivity index (χ3v) is 7.02. The first-order valence-electron chi connectivity index (χ1n) is 10.1. The Kier molecular flexibility index (Phi) is 4.27. The second kappa shape index (κ2) is 6.66. The molecule has 0 unspecified atom stereocenters. The molecule has 27 heavy (non-hydrogen) atoms. The summed E-state index contributed by atoms with van der Waals surface area (Å²) in [6.45, 7) is 2.31. The Morgan fingerprint density at radius 3 is 2.67 bits per heavy atom. The summed E-state index contributed by atoms with van der Waals surface area (Å²) in [5, 5.41) is 7.46. The molecule has 2 aliphatic heterocycles. The fourth-order valence-corrected chi connectivity index (χ4v) is 5.30. The van der Waals surface area contributed by atoms with Crippen LogP contribution in [-0.4, -0.2) is 16.4 Å². The Balaban J connectivity index is 1.57. The van der Waals surface area contributed by atoms with Gasteiger partial charge >= 0.3 is 0 Å². The lowest BCUT2D eigenvalue weighted by atomic mass is 9.80. The van der Waals surface area contributed by atoms with Crippen molar-refractivity contribution in [2.75, 3.05) is 0 Å². The summed E-state index contributed by atoms with van der Waals surface area (Å²) in [5.74, 6) is 1.86. The van der Waals surface area contributed by atoms with Crippen molar-refractivity contribution in [3.63, 3.8) is 0 Å².